The topological polar surface area (TPSA) is 83.9 Å². The molecule has 0 N–H and O–H groups in total. The number of amides is 1. The van der Waals surface area contributed by atoms with Crippen LogP contribution in [0.2, 0.25) is 16.6 Å². The van der Waals surface area contributed by atoms with Crippen LogP contribution >= 0.6 is 0 Å². The number of benzene rings is 2. The van der Waals surface area contributed by atoms with Crippen LogP contribution in [0.1, 0.15) is 94.1 Å². The van der Waals surface area contributed by atoms with Crippen molar-refractivity contribution in [2.24, 2.45) is 5.92 Å². The predicted molar refractivity (Wildman–Crippen MR) is 236 cm³/mol. The van der Waals surface area contributed by atoms with Gasteiger partial charge in [-0.1, -0.05) is 78.7 Å². The second kappa shape index (κ2) is 16.5. The van der Waals surface area contributed by atoms with Crippen LogP contribution in [-0.4, -0.2) is 102 Å². The van der Waals surface area contributed by atoms with E-state index in [-0.39, 0.29) is 41.4 Å². The fraction of sp³-hybridized carbons (Fsp3) is 0.574. The Morgan fingerprint density at radius 2 is 1.75 bits per heavy atom. The molecule has 7 rings (SSSR count). The van der Waals surface area contributed by atoms with E-state index in [1.165, 1.54) is 6.07 Å². The van der Waals surface area contributed by atoms with Crippen molar-refractivity contribution in [2.75, 3.05) is 44.7 Å². The van der Waals surface area contributed by atoms with Gasteiger partial charge < -0.3 is 19.3 Å². The summed E-state index contributed by atoms with van der Waals surface area (Å²) < 4.78 is 60.5. The fourth-order valence-corrected chi connectivity index (χ4v) is 15.8. The molecule has 4 aromatic rings. The summed E-state index contributed by atoms with van der Waals surface area (Å²) in [6.07, 6.45) is 2.30. The Bertz CT molecular complexity index is 2320. The largest absolute Gasteiger partial charge is 0.461 e. The Labute approximate surface area is 354 Å². The smallest absolute Gasteiger partial charge is 0.410 e. The normalized spacial score (nSPS) is 22.3. The van der Waals surface area contributed by atoms with Crippen LogP contribution in [-0.2, 0) is 4.74 Å². The minimum atomic E-state index is -2.26. The molecule has 1 amide bonds. The number of carbonyl (C=O) groups is 1. The Hall–Kier alpha value is -4.41. The van der Waals surface area contributed by atoms with E-state index >= 15 is 8.78 Å². The number of halogens is 3. The molecular weight excluding hydrogens is 782 g/mol. The molecule has 2 aromatic heterocycles. The van der Waals surface area contributed by atoms with E-state index in [0.29, 0.717) is 70.2 Å². The van der Waals surface area contributed by atoms with Crippen molar-refractivity contribution in [3.63, 3.8) is 0 Å². The number of ether oxygens (including phenoxy) is 2. The summed E-state index contributed by atoms with van der Waals surface area (Å²) in [5.74, 6) is 2.55. The molecule has 0 radical (unpaired) electrons. The first-order valence-electron chi connectivity index (χ1n) is 21.6. The summed E-state index contributed by atoms with van der Waals surface area (Å²) in [4.78, 5) is 33.3. The zero-order chi connectivity index (χ0) is 43.5. The zero-order valence-electron chi connectivity index (χ0n) is 37.1. The fourth-order valence-electron chi connectivity index (χ4n) is 10.6. The van der Waals surface area contributed by atoms with Gasteiger partial charge in [0.1, 0.15) is 49.3 Å². The van der Waals surface area contributed by atoms with E-state index in [2.05, 4.69) is 64.8 Å². The number of hydrogen-bond acceptors (Lipinski definition) is 8. The first-order chi connectivity index (χ1) is 28.3. The molecule has 0 spiro atoms. The Morgan fingerprint density at radius 1 is 1.03 bits per heavy atom. The lowest BCUT2D eigenvalue weighted by Gasteiger charge is -2.38. The van der Waals surface area contributed by atoms with Crippen LogP contribution in [0.4, 0.5) is 23.8 Å². The SMILES string of the molecule is CC(C)[Si](C#Cc1c(F)ccc2cccc(-c3ncc4c(N(C)[C@@H]5CN(C(=O)OC(C)(C)C)C[C@@H]5C)nc(OC[C@@]56CCCN5C[C@H](F)C6)nc4c3F)c12)(C(C)C)C(C)C. The van der Waals surface area contributed by atoms with Gasteiger partial charge in [-0.25, -0.2) is 18.0 Å². The highest BCUT2D eigenvalue weighted by molar-refractivity contribution is 6.90. The molecule has 5 heterocycles. The molecule has 4 atom stereocenters. The number of carbonyl (C=O) groups excluding carboxylic acids is 1. The van der Waals surface area contributed by atoms with Crippen LogP contribution in [0.5, 0.6) is 6.01 Å². The van der Waals surface area contributed by atoms with Gasteiger partial charge in [0.25, 0.3) is 0 Å². The maximum Gasteiger partial charge on any atom is 0.410 e. The van der Waals surface area contributed by atoms with Gasteiger partial charge in [-0.05, 0) is 74.2 Å². The number of hydrogen-bond donors (Lipinski definition) is 0. The van der Waals surface area contributed by atoms with Crippen molar-refractivity contribution in [1.82, 2.24) is 24.8 Å². The molecule has 0 saturated carbocycles. The third-order valence-corrected chi connectivity index (χ3v) is 19.7. The Kier molecular flexibility index (Phi) is 12.0. The average Bonchev–Trinajstić information content (AvgIpc) is 3.85. The third kappa shape index (κ3) is 7.94. The van der Waals surface area contributed by atoms with Crippen molar-refractivity contribution >= 4 is 41.7 Å². The van der Waals surface area contributed by atoms with Crippen LogP contribution in [0, 0.1) is 29.0 Å². The molecule has 2 aromatic carbocycles. The molecular formula is C47H61F3N6O3Si. The van der Waals surface area contributed by atoms with E-state index in [4.69, 9.17) is 24.4 Å². The van der Waals surface area contributed by atoms with E-state index in [0.717, 1.165) is 19.4 Å². The highest BCUT2D eigenvalue weighted by Gasteiger charge is 2.49. The number of rotatable bonds is 9. The van der Waals surface area contributed by atoms with Gasteiger partial charge in [0.05, 0.1) is 22.5 Å². The lowest BCUT2D eigenvalue weighted by atomic mass is 9.95. The van der Waals surface area contributed by atoms with Gasteiger partial charge in [-0.2, -0.15) is 9.97 Å². The van der Waals surface area contributed by atoms with E-state index in [1.54, 1.807) is 23.2 Å². The number of nitrogens with zero attached hydrogens (tertiary/aromatic N) is 6. The third-order valence-electron chi connectivity index (χ3n) is 13.5. The van der Waals surface area contributed by atoms with Gasteiger partial charge in [0.2, 0.25) is 0 Å². The standard InChI is InChI=1S/C47H61F3N6O3Si/c1-28(2)60(29(3)4,30(5)6)21-18-34-37(49)17-16-32-14-12-15-35(39(32)34)41-40(50)42-36(23-51-41)43(54(11)38-26-55(24-31(38)7)45(57)59-46(8,9)10)53-44(52-42)58-27-47-19-13-20-56(47)25-33(48)22-47/h12,14-17,23,28-31,33,38H,13,19-20,22,24-27H2,1-11H3/t31-,33+,38+,47-/m0/s1. The number of likely N-dealkylation sites (tertiary alicyclic amines) is 1. The molecule has 322 valence electrons. The number of likely N-dealkylation sites (N-methyl/N-ethyl adjacent to an activating group) is 1. The lowest BCUT2D eigenvalue weighted by molar-refractivity contribution is 0.0287. The number of alkyl halides is 1. The Morgan fingerprint density at radius 3 is 2.43 bits per heavy atom. The summed E-state index contributed by atoms with van der Waals surface area (Å²) in [7, 11) is -0.394. The van der Waals surface area contributed by atoms with E-state index in [1.807, 2.05) is 44.9 Å². The van der Waals surface area contributed by atoms with Crippen LogP contribution in [0.25, 0.3) is 32.9 Å². The van der Waals surface area contributed by atoms with E-state index in [9.17, 15) is 9.18 Å². The molecule has 3 fully saturated rings. The van der Waals surface area contributed by atoms with Gasteiger partial charge >= 0.3 is 12.1 Å². The van der Waals surface area contributed by atoms with Crippen molar-refractivity contribution < 1.29 is 27.4 Å². The van der Waals surface area contributed by atoms with E-state index < -0.39 is 43.1 Å². The molecule has 13 heteroatoms. The average molecular weight is 843 g/mol. The minimum absolute atomic E-state index is 0.00190. The lowest BCUT2D eigenvalue weighted by Crippen LogP contribution is -2.43. The van der Waals surface area contributed by atoms with Crippen molar-refractivity contribution in [3.8, 4) is 28.7 Å². The van der Waals surface area contributed by atoms with Crippen molar-refractivity contribution in [2.45, 2.75) is 128 Å². The summed E-state index contributed by atoms with van der Waals surface area (Å²) in [5.41, 5.74) is 4.16. The van der Waals surface area contributed by atoms with Gasteiger partial charge in [0, 0.05) is 50.2 Å². The molecule has 3 aliphatic heterocycles. The van der Waals surface area contributed by atoms with Gasteiger partial charge in [0.15, 0.2) is 5.82 Å². The number of anilines is 1. The maximum absolute atomic E-state index is 17.5. The van der Waals surface area contributed by atoms with Crippen LogP contribution in [0.15, 0.2) is 36.5 Å². The zero-order valence-corrected chi connectivity index (χ0v) is 38.1. The summed E-state index contributed by atoms with van der Waals surface area (Å²) in [6, 6.07) is 8.31. The molecule has 0 bridgehead atoms. The number of fused-ring (bicyclic) bond motifs is 3. The number of pyridine rings is 1. The Balaban J connectivity index is 1.36. The molecule has 0 aliphatic carbocycles. The first kappa shape index (κ1) is 43.7. The highest BCUT2D eigenvalue weighted by atomic mass is 28.3. The minimum Gasteiger partial charge on any atom is -0.461 e. The monoisotopic (exact) mass is 842 g/mol. The molecule has 9 nitrogen and oxygen atoms in total. The van der Waals surface area contributed by atoms with Gasteiger partial charge in [-0.15, -0.1) is 5.54 Å². The summed E-state index contributed by atoms with van der Waals surface area (Å²) in [6.45, 7) is 23.0. The van der Waals surface area contributed by atoms with Crippen molar-refractivity contribution in [1.29, 1.82) is 0 Å². The summed E-state index contributed by atoms with van der Waals surface area (Å²) >= 11 is 0. The molecule has 0 unspecified atom stereocenters. The second-order valence-electron chi connectivity index (χ2n) is 19.4. The molecule has 60 heavy (non-hydrogen) atoms. The summed E-state index contributed by atoms with van der Waals surface area (Å²) in [5, 5.41) is 1.56. The molecule has 3 aliphatic rings. The maximum atomic E-state index is 17.5. The quantitative estimate of drug-likeness (QED) is 0.122. The predicted octanol–water partition coefficient (Wildman–Crippen LogP) is 10.3. The second-order valence-corrected chi connectivity index (χ2v) is 25.0. The van der Waals surface area contributed by atoms with Gasteiger partial charge in [-0.3, -0.25) is 9.88 Å². The van der Waals surface area contributed by atoms with Crippen molar-refractivity contribution in [3.05, 3.63) is 53.7 Å². The number of aromatic nitrogens is 3. The molecule has 3 saturated heterocycles. The first-order valence-corrected chi connectivity index (χ1v) is 23.8. The van der Waals surface area contributed by atoms with Crippen LogP contribution < -0.4 is 9.64 Å². The highest BCUT2D eigenvalue weighted by Crippen LogP contribution is 2.43. The van der Waals surface area contributed by atoms with Crippen LogP contribution in [0.3, 0.4) is 0 Å².